The first-order chi connectivity index (χ1) is 12.7. The third kappa shape index (κ3) is 3.38. The lowest BCUT2D eigenvalue weighted by atomic mass is 10.1. The highest BCUT2D eigenvalue weighted by atomic mass is 16.1. The summed E-state index contributed by atoms with van der Waals surface area (Å²) in [7, 11) is 0. The Labute approximate surface area is 153 Å². The van der Waals surface area contributed by atoms with Crippen molar-refractivity contribution in [1.29, 1.82) is 0 Å². The molecule has 1 aromatic heterocycles. The normalized spacial score (nSPS) is 13.3. The number of benzene rings is 2. The molecule has 5 heteroatoms. The van der Waals surface area contributed by atoms with Crippen LogP contribution in [0.1, 0.15) is 29.8 Å². The smallest absolute Gasteiger partial charge is 0.228 e. The van der Waals surface area contributed by atoms with Gasteiger partial charge in [0.1, 0.15) is 5.82 Å². The largest absolute Gasteiger partial charge is 0.326 e. The minimum atomic E-state index is -0.0141. The first-order valence-electron chi connectivity index (χ1n) is 9.07. The molecule has 26 heavy (non-hydrogen) atoms. The number of anilines is 1. The Hall–Kier alpha value is -2.95. The molecule has 0 radical (unpaired) electrons. The van der Waals surface area contributed by atoms with Crippen LogP contribution in [0.4, 0.5) is 5.69 Å². The maximum absolute atomic E-state index is 12.4. The number of carbonyl (C=O) groups is 1. The summed E-state index contributed by atoms with van der Waals surface area (Å²) >= 11 is 0. The van der Waals surface area contributed by atoms with Crippen LogP contribution in [-0.4, -0.2) is 20.7 Å². The molecule has 0 spiro atoms. The van der Waals surface area contributed by atoms with Crippen LogP contribution in [0, 0.1) is 6.92 Å². The van der Waals surface area contributed by atoms with Gasteiger partial charge >= 0.3 is 0 Å². The average molecular weight is 346 g/mol. The summed E-state index contributed by atoms with van der Waals surface area (Å²) in [5.74, 6) is 1.93. The number of amides is 1. The summed E-state index contributed by atoms with van der Waals surface area (Å²) in [4.78, 5) is 12.4. The van der Waals surface area contributed by atoms with Crippen molar-refractivity contribution in [1.82, 2.24) is 14.8 Å². The summed E-state index contributed by atoms with van der Waals surface area (Å²) in [6.07, 6.45) is 3.69. The van der Waals surface area contributed by atoms with E-state index in [-0.39, 0.29) is 5.91 Å². The summed E-state index contributed by atoms with van der Waals surface area (Å²) in [6.45, 7) is 2.99. The van der Waals surface area contributed by atoms with Gasteiger partial charge in [-0.25, -0.2) is 0 Å². The van der Waals surface area contributed by atoms with Gasteiger partial charge in [0.2, 0.25) is 5.91 Å². The Morgan fingerprint density at radius 2 is 2.00 bits per heavy atom. The van der Waals surface area contributed by atoms with Gasteiger partial charge in [-0.05, 0) is 43.0 Å². The van der Waals surface area contributed by atoms with E-state index in [1.807, 2.05) is 55.5 Å². The lowest BCUT2D eigenvalue weighted by molar-refractivity contribution is -0.115. The Morgan fingerprint density at radius 3 is 2.88 bits per heavy atom. The highest BCUT2D eigenvalue weighted by Crippen LogP contribution is 2.25. The van der Waals surface area contributed by atoms with Crippen molar-refractivity contribution in [3.8, 4) is 11.4 Å². The van der Waals surface area contributed by atoms with Crippen LogP contribution in [-0.2, 0) is 24.2 Å². The SMILES string of the molecule is Cc1ccccc1CC(=O)Nc1cccc(-c2nnc3n2CCCC3)c1. The van der Waals surface area contributed by atoms with Gasteiger partial charge < -0.3 is 9.88 Å². The summed E-state index contributed by atoms with van der Waals surface area (Å²) < 4.78 is 2.19. The quantitative estimate of drug-likeness (QED) is 0.782. The second-order valence-electron chi connectivity index (χ2n) is 6.78. The van der Waals surface area contributed by atoms with Crippen molar-refractivity contribution in [2.45, 2.75) is 39.2 Å². The van der Waals surface area contributed by atoms with Gasteiger partial charge in [0, 0.05) is 24.2 Å². The number of nitrogens with one attached hydrogen (secondary N) is 1. The van der Waals surface area contributed by atoms with Gasteiger partial charge in [-0.3, -0.25) is 4.79 Å². The molecular weight excluding hydrogens is 324 g/mol. The first kappa shape index (κ1) is 16.5. The number of carbonyl (C=O) groups excluding carboxylic acids is 1. The van der Waals surface area contributed by atoms with Crippen LogP contribution in [0.15, 0.2) is 48.5 Å². The zero-order valence-electron chi connectivity index (χ0n) is 14.9. The fraction of sp³-hybridized carbons (Fsp3) is 0.286. The van der Waals surface area contributed by atoms with Crippen LogP contribution in [0.3, 0.4) is 0 Å². The molecule has 5 nitrogen and oxygen atoms in total. The average Bonchev–Trinajstić information content (AvgIpc) is 3.08. The van der Waals surface area contributed by atoms with Crippen LogP contribution in [0.25, 0.3) is 11.4 Å². The third-order valence-electron chi connectivity index (χ3n) is 4.88. The molecule has 0 aliphatic carbocycles. The molecule has 0 saturated heterocycles. The van der Waals surface area contributed by atoms with Gasteiger partial charge in [-0.2, -0.15) is 0 Å². The molecule has 0 atom stereocenters. The van der Waals surface area contributed by atoms with E-state index in [1.54, 1.807) is 0 Å². The van der Waals surface area contributed by atoms with Gasteiger partial charge in [-0.1, -0.05) is 36.4 Å². The molecule has 0 saturated carbocycles. The van der Waals surface area contributed by atoms with Crippen molar-refractivity contribution >= 4 is 11.6 Å². The number of nitrogens with zero attached hydrogens (tertiary/aromatic N) is 3. The van der Waals surface area contributed by atoms with E-state index in [0.29, 0.717) is 6.42 Å². The molecule has 0 bridgehead atoms. The fourth-order valence-electron chi connectivity index (χ4n) is 3.44. The predicted molar refractivity (Wildman–Crippen MR) is 102 cm³/mol. The first-order valence-corrected chi connectivity index (χ1v) is 9.07. The highest BCUT2D eigenvalue weighted by Gasteiger charge is 2.17. The minimum absolute atomic E-state index is 0.0141. The molecule has 0 unspecified atom stereocenters. The van der Waals surface area contributed by atoms with E-state index >= 15 is 0 Å². The zero-order chi connectivity index (χ0) is 17.9. The Balaban J connectivity index is 1.52. The predicted octanol–water partition coefficient (Wildman–Crippen LogP) is 3.77. The number of hydrogen-bond acceptors (Lipinski definition) is 3. The molecule has 2 aromatic carbocycles. The highest BCUT2D eigenvalue weighted by molar-refractivity contribution is 5.93. The molecule has 132 valence electrons. The molecule has 4 rings (SSSR count). The van der Waals surface area contributed by atoms with Gasteiger partial charge in [0.25, 0.3) is 0 Å². The van der Waals surface area contributed by atoms with Crippen LogP contribution in [0.5, 0.6) is 0 Å². The van der Waals surface area contributed by atoms with Crippen molar-refractivity contribution in [3.63, 3.8) is 0 Å². The third-order valence-corrected chi connectivity index (χ3v) is 4.88. The number of hydrogen-bond donors (Lipinski definition) is 1. The van der Waals surface area contributed by atoms with E-state index in [4.69, 9.17) is 0 Å². The summed E-state index contributed by atoms with van der Waals surface area (Å²) in [5, 5.41) is 11.7. The summed E-state index contributed by atoms with van der Waals surface area (Å²) in [6, 6.07) is 15.8. The molecular formula is C21H22N4O. The molecule has 1 aliphatic heterocycles. The van der Waals surface area contributed by atoms with E-state index in [1.165, 1.54) is 6.42 Å². The van der Waals surface area contributed by atoms with E-state index in [9.17, 15) is 4.79 Å². The minimum Gasteiger partial charge on any atom is -0.326 e. The van der Waals surface area contributed by atoms with E-state index in [2.05, 4.69) is 20.1 Å². The van der Waals surface area contributed by atoms with Crippen molar-refractivity contribution < 1.29 is 4.79 Å². The van der Waals surface area contributed by atoms with Crippen LogP contribution in [0.2, 0.25) is 0 Å². The Kier molecular flexibility index (Phi) is 4.52. The molecule has 1 N–H and O–H groups in total. The van der Waals surface area contributed by atoms with Crippen molar-refractivity contribution in [2.24, 2.45) is 0 Å². The van der Waals surface area contributed by atoms with Gasteiger partial charge in [0.05, 0.1) is 6.42 Å². The second-order valence-corrected chi connectivity index (χ2v) is 6.78. The number of aromatic nitrogens is 3. The second kappa shape index (κ2) is 7.12. The molecule has 1 amide bonds. The fourth-order valence-corrected chi connectivity index (χ4v) is 3.44. The van der Waals surface area contributed by atoms with Crippen molar-refractivity contribution in [3.05, 3.63) is 65.5 Å². The van der Waals surface area contributed by atoms with Crippen LogP contribution >= 0.6 is 0 Å². The molecule has 0 fully saturated rings. The van der Waals surface area contributed by atoms with Crippen molar-refractivity contribution in [2.75, 3.05) is 5.32 Å². The Bertz CT molecular complexity index is 945. The zero-order valence-corrected chi connectivity index (χ0v) is 14.9. The van der Waals surface area contributed by atoms with E-state index < -0.39 is 0 Å². The lowest BCUT2D eigenvalue weighted by Crippen LogP contribution is -2.15. The van der Waals surface area contributed by atoms with E-state index in [0.717, 1.165) is 53.4 Å². The van der Waals surface area contributed by atoms with Gasteiger partial charge in [-0.15, -0.1) is 10.2 Å². The topological polar surface area (TPSA) is 59.8 Å². The summed E-state index contributed by atoms with van der Waals surface area (Å²) in [5.41, 5.74) is 3.95. The molecule has 3 aromatic rings. The number of fused-ring (bicyclic) bond motifs is 1. The standard InChI is InChI=1S/C21H22N4O/c1-15-7-2-3-8-16(15)14-20(26)22-18-10-6-9-17(13-18)21-24-23-19-11-4-5-12-25(19)21/h2-3,6-10,13H,4-5,11-12,14H2,1H3,(H,22,26). The van der Waals surface area contributed by atoms with Gasteiger partial charge in [0.15, 0.2) is 5.82 Å². The monoisotopic (exact) mass is 346 g/mol. The van der Waals surface area contributed by atoms with Crippen LogP contribution < -0.4 is 5.32 Å². The maximum atomic E-state index is 12.4. The lowest BCUT2D eigenvalue weighted by Gasteiger charge is -2.15. The molecule has 2 heterocycles. The molecule has 1 aliphatic rings. The number of aryl methyl sites for hydroxylation is 2. The Morgan fingerprint density at radius 1 is 1.12 bits per heavy atom. The maximum Gasteiger partial charge on any atom is 0.228 e. The number of rotatable bonds is 4.